The van der Waals surface area contributed by atoms with E-state index in [1.807, 2.05) is 41.0 Å². The minimum atomic E-state index is -0.321. The van der Waals surface area contributed by atoms with E-state index in [-0.39, 0.29) is 24.5 Å². The molecular formula is C23H25ClN4O3. The van der Waals surface area contributed by atoms with Gasteiger partial charge in [0.25, 0.3) is 0 Å². The number of carbonyl (C=O) groups is 2. The molecule has 0 radical (unpaired) electrons. The van der Waals surface area contributed by atoms with Crippen molar-refractivity contribution in [2.24, 2.45) is 0 Å². The Bertz CT molecular complexity index is 1080. The van der Waals surface area contributed by atoms with Crippen molar-refractivity contribution in [3.05, 3.63) is 59.4 Å². The van der Waals surface area contributed by atoms with Crippen LogP contribution in [0, 0.1) is 0 Å². The Hall–Kier alpha value is -2.90. The monoisotopic (exact) mass is 440 g/mol. The number of ether oxygens (including phenoxy) is 1. The Morgan fingerprint density at radius 3 is 2.77 bits per heavy atom. The van der Waals surface area contributed by atoms with E-state index in [1.165, 1.54) is 0 Å². The molecule has 1 unspecified atom stereocenters. The van der Waals surface area contributed by atoms with E-state index >= 15 is 0 Å². The molecule has 7 nitrogen and oxygen atoms in total. The Morgan fingerprint density at radius 2 is 1.97 bits per heavy atom. The average molecular weight is 441 g/mol. The molecular weight excluding hydrogens is 416 g/mol. The van der Waals surface area contributed by atoms with Crippen LogP contribution in [0.2, 0.25) is 5.02 Å². The van der Waals surface area contributed by atoms with Crippen LogP contribution in [0.4, 0.5) is 5.69 Å². The number of fused-ring (bicyclic) bond motifs is 1. The molecule has 3 aromatic rings. The first-order chi connectivity index (χ1) is 15.1. The van der Waals surface area contributed by atoms with Crippen molar-refractivity contribution in [3.8, 4) is 0 Å². The smallest absolute Gasteiger partial charge is 0.249 e. The maximum absolute atomic E-state index is 12.7. The van der Waals surface area contributed by atoms with Gasteiger partial charge >= 0.3 is 0 Å². The van der Waals surface area contributed by atoms with Gasteiger partial charge in [-0.05, 0) is 43.5 Å². The third kappa shape index (κ3) is 5.24. The van der Waals surface area contributed by atoms with Crippen molar-refractivity contribution in [2.75, 3.05) is 18.5 Å². The number of imidazole rings is 1. The fourth-order valence-corrected chi connectivity index (χ4v) is 3.93. The van der Waals surface area contributed by atoms with E-state index in [1.54, 1.807) is 12.1 Å². The molecule has 0 saturated carbocycles. The van der Waals surface area contributed by atoms with Crippen LogP contribution in [-0.2, 0) is 27.3 Å². The summed E-state index contributed by atoms with van der Waals surface area (Å²) in [5, 5.41) is 6.29. The lowest BCUT2D eigenvalue weighted by atomic mass is 10.2. The number of halogens is 1. The first kappa shape index (κ1) is 21.3. The molecule has 1 atom stereocenters. The number of rotatable bonds is 8. The topological polar surface area (TPSA) is 85.2 Å². The second kappa shape index (κ2) is 9.94. The van der Waals surface area contributed by atoms with Gasteiger partial charge in [-0.1, -0.05) is 35.9 Å². The zero-order valence-electron chi connectivity index (χ0n) is 17.1. The second-order valence-electron chi connectivity index (χ2n) is 7.53. The lowest BCUT2D eigenvalue weighted by Gasteiger charge is -2.12. The predicted octanol–water partition coefficient (Wildman–Crippen LogP) is 3.56. The first-order valence-electron chi connectivity index (χ1n) is 10.5. The number of para-hydroxylation sites is 3. The SMILES string of the molecule is O=C(Cn1c(CCCNC(=O)C2CCCO2)nc2ccccc21)Nc1ccccc1Cl. The summed E-state index contributed by atoms with van der Waals surface area (Å²) in [5.41, 5.74) is 2.32. The minimum Gasteiger partial charge on any atom is -0.368 e. The zero-order chi connectivity index (χ0) is 21.6. The highest BCUT2D eigenvalue weighted by molar-refractivity contribution is 6.33. The number of aryl methyl sites for hydroxylation is 1. The van der Waals surface area contributed by atoms with Crippen LogP contribution < -0.4 is 10.6 Å². The Morgan fingerprint density at radius 1 is 1.16 bits per heavy atom. The third-order valence-corrected chi connectivity index (χ3v) is 5.61. The van der Waals surface area contributed by atoms with Crippen LogP contribution in [0.15, 0.2) is 48.5 Å². The summed E-state index contributed by atoms with van der Waals surface area (Å²) >= 11 is 6.16. The van der Waals surface area contributed by atoms with Gasteiger partial charge in [-0.3, -0.25) is 9.59 Å². The van der Waals surface area contributed by atoms with E-state index < -0.39 is 0 Å². The molecule has 1 saturated heterocycles. The number of amides is 2. The number of hydrogen-bond acceptors (Lipinski definition) is 4. The van der Waals surface area contributed by atoms with Gasteiger partial charge in [0.2, 0.25) is 11.8 Å². The van der Waals surface area contributed by atoms with Crippen LogP contribution >= 0.6 is 11.6 Å². The highest BCUT2D eigenvalue weighted by Gasteiger charge is 2.23. The summed E-state index contributed by atoms with van der Waals surface area (Å²) in [6.45, 7) is 1.31. The number of nitrogens with zero attached hydrogens (tertiary/aromatic N) is 2. The summed E-state index contributed by atoms with van der Waals surface area (Å²) in [6, 6.07) is 14.9. The standard InChI is InChI=1S/C23H25ClN4O3/c24-16-7-1-2-8-17(16)27-22(29)15-28-19-10-4-3-9-18(19)26-21(28)12-5-13-25-23(30)20-11-6-14-31-20/h1-4,7-10,20H,5-6,11-15H2,(H,25,30)(H,27,29). The van der Waals surface area contributed by atoms with Crippen LogP contribution in [-0.4, -0.2) is 40.6 Å². The minimum absolute atomic E-state index is 0.0508. The van der Waals surface area contributed by atoms with Crippen molar-refractivity contribution in [3.63, 3.8) is 0 Å². The zero-order valence-corrected chi connectivity index (χ0v) is 17.9. The van der Waals surface area contributed by atoms with Crippen molar-refractivity contribution >= 4 is 40.1 Å². The molecule has 1 aliphatic rings. The Labute approximate surface area is 185 Å². The van der Waals surface area contributed by atoms with Crippen molar-refractivity contribution in [2.45, 2.75) is 38.3 Å². The summed E-state index contributed by atoms with van der Waals surface area (Å²) in [7, 11) is 0. The van der Waals surface area contributed by atoms with Crippen molar-refractivity contribution in [1.82, 2.24) is 14.9 Å². The van der Waals surface area contributed by atoms with Crippen LogP contribution in [0.25, 0.3) is 11.0 Å². The maximum atomic E-state index is 12.7. The second-order valence-corrected chi connectivity index (χ2v) is 7.93. The maximum Gasteiger partial charge on any atom is 0.249 e. The molecule has 2 aromatic carbocycles. The molecule has 1 fully saturated rings. The number of aromatic nitrogens is 2. The predicted molar refractivity (Wildman–Crippen MR) is 120 cm³/mol. The lowest BCUT2D eigenvalue weighted by Crippen LogP contribution is -2.34. The molecule has 162 valence electrons. The van der Waals surface area contributed by atoms with E-state index in [0.29, 0.717) is 36.7 Å². The van der Waals surface area contributed by atoms with E-state index in [9.17, 15) is 9.59 Å². The Kier molecular flexibility index (Phi) is 6.84. The highest BCUT2D eigenvalue weighted by Crippen LogP contribution is 2.21. The molecule has 1 aromatic heterocycles. The normalized spacial score (nSPS) is 15.8. The summed E-state index contributed by atoms with van der Waals surface area (Å²) in [5.74, 6) is 0.580. The van der Waals surface area contributed by atoms with E-state index in [4.69, 9.17) is 21.3 Å². The lowest BCUT2D eigenvalue weighted by molar-refractivity contribution is -0.130. The van der Waals surface area contributed by atoms with Gasteiger partial charge in [0.15, 0.2) is 0 Å². The van der Waals surface area contributed by atoms with E-state index in [2.05, 4.69) is 10.6 Å². The molecule has 0 aliphatic carbocycles. The van der Waals surface area contributed by atoms with Gasteiger partial charge in [-0.15, -0.1) is 0 Å². The molecule has 31 heavy (non-hydrogen) atoms. The highest BCUT2D eigenvalue weighted by atomic mass is 35.5. The molecule has 4 rings (SSSR count). The number of nitrogens with one attached hydrogen (secondary N) is 2. The largest absolute Gasteiger partial charge is 0.368 e. The van der Waals surface area contributed by atoms with Gasteiger partial charge in [0.05, 0.1) is 21.7 Å². The van der Waals surface area contributed by atoms with Gasteiger partial charge < -0.3 is 19.9 Å². The molecule has 8 heteroatoms. The fourth-order valence-electron chi connectivity index (χ4n) is 3.74. The van der Waals surface area contributed by atoms with Gasteiger partial charge in [0, 0.05) is 19.6 Å². The number of carbonyl (C=O) groups excluding carboxylic acids is 2. The van der Waals surface area contributed by atoms with E-state index in [0.717, 1.165) is 29.7 Å². The number of benzene rings is 2. The number of anilines is 1. The van der Waals surface area contributed by atoms with Crippen LogP contribution in [0.5, 0.6) is 0 Å². The molecule has 2 N–H and O–H groups in total. The summed E-state index contributed by atoms with van der Waals surface area (Å²) in [4.78, 5) is 29.5. The van der Waals surface area contributed by atoms with Gasteiger partial charge in [0.1, 0.15) is 18.5 Å². The molecule has 1 aliphatic heterocycles. The van der Waals surface area contributed by atoms with Crippen LogP contribution in [0.3, 0.4) is 0 Å². The Balaban J connectivity index is 1.41. The number of hydrogen-bond donors (Lipinski definition) is 2. The molecule has 0 spiro atoms. The third-order valence-electron chi connectivity index (χ3n) is 5.28. The average Bonchev–Trinajstić information content (AvgIpc) is 3.42. The molecule has 2 heterocycles. The van der Waals surface area contributed by atoms with Crippen molar-refractivity contribution < 1.29 is 14.3 Å². The van der Waals surface area contributed by atoms with Gasteiger partial charge in [-0.25, -0.2) is 4.98 Å². The summed E-state index contributed by atoms with van der Waals surface area (Å²) in [6.07, 6.45) is 2.74. The first-order valence-corrected chi connectivity index (χ1v) is 10.9. The fraction of sp³-hybridized carbons (Fsp3) is 0.348. The van der Waals surface area contributed by atoms with Crippen molar-refractivity contribution in [1.29, 1.82) is 0 Å². The quantitative estimate of drug-likeness (QED) is 0.524. The molecule has 2 amide bonds. The van der Waals surface area contributed by atoms with Crippen LogP contribution in [0.1, 0.15) is 25.1 Å². The van der Waals surface area contributed by atoms with Gasteiger partial charge in [-0.2, -0.15) is 0 Å². The molecule has 0 bridgehead atoms. The summed E-state index contributed by atoms with van der Waals surface area (Å²) < 4.78 is 7.33.